The van der Waals surface area contributed by atoms with Crippen molar-refractivity contribution in [3.05, 3.63) is 0 Å². The van der Waals surface area contributed by atoms with E-state index in [1.165, 1.54) is 0 Å². The molecule has 2 aliphatic heterocycles. The molecular formula is C10H17N3O2. The SMILES string of the molecule is CN1CCC(N2CCC(=NO)CC2)C1=O. The van der Waals surface area contributed by atoms with Crippen molar-refractivity contribution in [2.24, 2.45) is 5.16 Å². The highest BCUT2D eigenvalue weighted by atomic mass is 16.4. The summed E-state index contributed by atoms with van der Waals surface area (Å²) in [5.41, 5.74) is 0.852. The van der Waals surface area contributed by atoms with E-state index in [1.807, 2.05) is 7.05 Å². The first-order valence-corrected chi connectivity index (χ1v) is 5.41. The highest BCUT2D eigenvalue weighted by Crippen LogP contribution is 2.19. The Morgan fingerprint density at radius 3 is 2.47 bits per heavy atom. The van der Waals surface area contributed by atoms with Crippen LogP contribution in [0.3, 0.4) is 0 Å². The third-order valence-corrected chi connectivity index (χ3v) is 3.36. The van der Waals surface area contributed by atoms with Crippen molar-refractivity contribution in [1.29, 1.82) is 0 Å². The summed E-state index contributed by atoms with van der Waals surface area (Å²) >= 11 is 0. The number of nitrogens with zero attached hydrogens (tertiary/aromatic N) is 3. The number of hydrogen-bond donors (Lipinski definition) is 1. The van der Waals surface area contributed by atoms with Gasteiger partial charge in [-0.05, 0) is 6.42 Å². The number of piperidine rings is 1. The second kappa shape index (κ2) is 4.18. The van der Waals surface area contributed by atoms with Crippen LogP contribution in [0.5, 0.6) is 0 Å². The molecule has 5 nitrogen and oxygen atoms in total. The lowest BCUT2D eigenvalue weighted by molar-refractivity contribution is -0.131. The third kappa shape index (κ3) is 1.97. The molecule has 0 aliphatic carbocycles. The lowest BCUT2D eigenvalue weighted by atomic mass is 10.1. The third-order valence-electron chi connectivity index (χ3n) is 3.36. The topological polar surface area (TPSA) is 56.1 Å². The summed E-state index contributed by atoms with van der Waals surface area (Å²) in [5, 5.41) is 11.9. The number of carbonyl (C=O) groups excluding carboxylic acids is 1. The minimum atomic E-state index is 0.0650. The van der Waals surface area contributed by atoms with Crippen molar-refractivity contribution in [3.8, 4) is 0 Å². The minimum absolute atomic E-state index is 0.0650. The Morgan fingerprint density at radius 2 is 2.00 bits per heavy atom. The Morgan fingerprint density at radius 1 is 1.33 bits per heavy atom. The Labute approximate surface area is 89.3 Å². The fourth-order valence-electron chi connectivity index (χ4n) is 2.34. The van der Waals surface area contributed by atoms with E-state index >= 15 is 0 Å². The zero-order valence-corrected chi connectivity index (χ0v) is 9.02. The Kier molecular flexibility index (Phi) is 2.90. The van der Waals surface area contributed by atoms with Crippen LogP contribution >= 0.6 is 0 Å². The maximum Gasteiger partial charge on any atom is 0.239 e. The fourth-order valence-corrected chi connectivity index (χ4v) is 2.34. The lowest BCUT2D eigenvalue weighted by Gasteiger charge is -2.31. The summed E-state index contributed by atoms with van der Waals surface area (Å²) in [5.74, 6) is 0.236. The molecule has 1 atom stereocenters. The molecule has 0 spiro atoms. The molecule has 0 bridgehead atoms. The highest BCUT2D eigenvalue weighted by molar-refractivity contribution is 5.86. The maximum absolute atomic E-state index is 11.8. The molecule has 15 heavy (non-hydrogen) atoms. The number of likely N-dealkylation sites (tertiary alicyclic amines) is 2. The number of oxime groups is 1. The first-order chi connectivity index (χ1) is 7.22. The van der Waals surface area contributed by atoms with E-state index in [9.17, 15) is 4.79 Å². The van der Waals surface area contributed by atoms with Crippen LogP contribution in [-0.2, 0) is 4.79 Å². The standard InChI is InChI=1S/C10H17N3O2/c1-12-5-4-9(10(12)14)13-6-2-8(11-15)3-7-13/h9,15H,2-7H2,1H3. The smallest absolute Gasteiger partial charge is 0.239 e. The summed E-state index contributed by atoms with van der Waals surface area (Å²) in [6.07, 6.45) is 2.49. The quantitative estimate of drug-likeness (QED) is 0.496. The van der Waals surface area contributed by atoms with Gasteiger partial charge in [0.1, 0.15) is 0 Å². The molecule has 2 heterocycles. The Balaban J connectivity index is 1.94. The number of carbonyl (C=O) groups is 1. The number of hydrogen-bond acceptors (Lipinski definition) is 4. The molecule has 0 aromatic rings. The lowest BCUT2D eigenvalue weighted by Crippen LogP contribution is -2.45. The molecule has 2 fully saturated rings. The molecule has 1 amide bonds. The molecule has 84 valence electrons. The van der Waals surface area contributed by atoms with Crippen molar-refractivity contribution in [2.45, 2.75) is 25.3 Å². The Bertz CT molecular complexity index is 280. The van der Waals surface area contributed by atoms with E-state index in [2.05, 4.69) is 10.1 Å². The van der Waals surface area contributed by atoms with Gasteiger partial charge in [-0.3, -0.25) is 9.69 Å². The van der Waals surface area contributed by atoms with Crippen molar-refractivity contribution < 1.29 is 10.0 Å². The van der Waals surface area contributed by atoms with Gasteiger partial charge < -0.3 is 10.1 Å². The molecule has 0 saturated carbocycles. The van der Waals surface area contributed by atoms with E-state index in [1.54, 1.807) is 4.90 Å². The molecule has 5 heteroatoms. The molecule has 2 saturated heterocycles. The van der Waals surface area contributed by atoms with Crippen LogP contribution in [0.4, 0.5) is 0 Å². The molecule has 0 aromatic heterocycles. The normalized spacial score (nSPS) is 28.6. The number of rotatable bonds is 1. The summed E-state index contributed by atoms with van der Waals surface area (Å²) in [4.78, 5) is 15.8. The average Bonchev–Trinajstić information content (AvgIpc) is 2.60. The van der Waals surface area contributed by atoms with Crippen LogP contribution in [0.1, 0.15) is 19.3 Å². The van der Waals surface area contributed by atoms with E-state index < -0.39 is 0 Å². The van der Waals surface area contributed by atoms with Gasteiger partial charge in [0.05, 0.1) is 11.8 Å². The van der Waals surface area contributed by atoms with Crippen LogP contribution in [0, 0.1) is 0 Å². The predicted molar refractivity (Wildman–Crippen MR) is 56.1 cm³/mol. The van der Waals surface area contributed by atoms with Crippen molar-refractivity contribution >= 4 is 11.6 Å². The van der Waals surface area contributed by atoms with Crippen LogP contribution in [0.15, 0.2) is 5.16 Å². The second-order valence-corrected chi connectivity index (χ2v) is 4.27. The number of amides is 1. The molecule has 1 unspecified atom stereocenters. The first kappa shape index (κ1) is 10.4. The minimum Gasteiger partial charge on any atom is -0.411 e. The van der Waals surface area contributed by atoms with Gasteiger partial charge in [0.15, 0.2) is 0 Å². The summed E-state index contributed by atoms with van der Waals surface area (Å²) in [6.45, 7) is 2.54. The van der Waals surface area contributed by atoms with Crippen LogP contribution in [0.2, 0.25) is 0 Å². The van der Waals surface area contributed by atoms with Crippen LogP contribution < -0.4 is 0 Å². The van der Waals surface area contributed by atoms with Gasteiger partial charge in [0.2, 0.25) is 5.91 Å². The van der Waals surface area contributed by atoms with Gasteiger partial charge in [-0.15, -0.1) is 0 Å². The van der Waals surface area contributed by atoms with E-state index in [-0.39, 0.29) is 11.9 Å². The van der Waals surface area contributed by atoms with E-state index in [0.29, 0.717) is 0 Å². The maximum atomic E-state index is 11.8. The van der Waals surface area contributed by atoms with Crippen molar-refractivity contribution in [2.75, 3.05) is 26.7 Å². The molecule has 2 rings (SSSR count). The van der Waals surface area contributed by atoms with E-state index in [0.717, 1.165) is 44.6 Å². The molecule has 0 radical (unpaired) electrons. The number of likely N-dealkylation sites (N-methyl/N-ethyl adjacent to an activating group) is 1. The molecule has 0 aromatic carbocycles. The van der Waals surface area contributed by atoms with Gasteiger partial charge >= 0.3 is 0 Å². The van der Waals surface area contributed by atoms with Crippen LogP contribution in [0.25, 0.3) is 0 Å². The molecule has 2 aliphatic rings. The van der Waals surface area contributed by atoms with Gasteiger partial charge in [0.25, 0.3) is 0 Å². The summed E-state index contributed by atoms with van der Waals surface area (Å²) in [7, 11) is 1.85. The van der Waals surface area contributed by atoms with E-state index in [4.69, 9.17) is 5.21 Å². The van der Waals surface area contributed by atoms with Crippen molar-refractivity contribution in [1.82, 2.24) is 9.80 Å². The second-order valence-electron chi connectivity index (χ2n) is 4.27. The Hall–Kier alpha value is -1.10. The van der Waals surface area contributed by atoms with Gasteiger partial charge in [-0.25, -0.2) is 0 Å². The van der Waals surface area contributed by atoms with Gasteiger partial charge in [-0.2, -0.15) is 0 Å². The largest absolute Gasteiger partial charge is 0.411 e. The van der Waals surface area contributed by atoms with Crippen molar-refractivity contribution in [3.63, 3.8) is 0 Å². The van der Waals surface area contributed by atoms with Gasteiger partial charge in [0, 0.05) is 39.5 Å². The monoisotopic (exact) mass is 211 g/mol. The predicted octanol–water partition coefficient (Wildman–Crippen LogP) is 0.143. The summed E-state index contributed by atoms with van der Waals surface area (Å²) in [6, 6.07) is 0.0650. The molecule has 1 N–H and O–H groups in total. The first-order valence-electron chi connectivity index (χ1n) is 5.41. The summed E-state index contributed by atoms with van der Waals surface area (Å²) < 4.78 is 0. The zero-order chi connectivity index (χ0) is 10.8. The molecular weight excluding hydrogens is 194 g/mol. The highest BCUT2D eigenvalue weighted by Gasteiger charge is 2.34. The average molecular weight is 211 g/mol. The van der Waals surface area contributed by atoms with Crippen LogP contribution in [-0.4, -0.2) is 59.3 Å². The van der Waals surface area contributed by atoms with Gasteiger partial charge in [-0.1, -0.05) is 5.16 Å². The zero-order valence-electron chi connectivity index (χ0n) is 9.02. The fraction of sp³-hybridized carbons (Fsp3) is 0.800.